The molecular weight excluding hydrogens is 342 g/mol. The molecule has 148 valence electrons. The molecule has 3 amide bonds. The second-order valence-corrected chi connectivity index (χ2v) is 7.39. The topological polar surface area (TPSA) is 76.7 Å². The summed E-state index contributed by atoms with van der Waals surface area (Å²) in [5.74, 6) is -0.0737. The van der Waals surface area contributed by atoms with E-state index in [1.54, 1.807) is 6.07 Å². The number of hydrogen-bond acceptors (Lipinski definition) is 4. The Kier molecular flexibility index (Phi) is 6.68. The Morgan fingerprint density at radius 1 is 1.22 bits per heavy atom. The molecule has 0 radical (unpaired) electrons. The lowest BCUT2D eigenvalue weighted by atomic mass is 10.1. The first-order valence-electron chi connectivity index (χ1n) is 9.98. The zero-order valence-electron chi connectivity index (χ0n) is 16.4. The minimum Gasteiger partial charge on any atom is -0.352 e. The quantitative estimate of drug-likeness (QED) is 0.733. The Morgan fingerprint density at radius 2 is 2.00 bits per heavy atom. The third-order valence-corrected chi connectivity index (χ3v) is 5.42. The van der Waals surface area contributed by atoms with Crippen LogP contribution in [0.4, 0.5) is 10.5 Å². The Labute approximate surface area is 161 Å². The van der Waals surface area contributed by atoms with Crippen molar-refractivity contribution in [2.45, 2.75) is 32.7 Å². The number of piperazine rings is 1. The lowest BCUT2D eigenvalue weighted by Gasteiger charge is -2.37. The van der Waals surface area contributed by atoms with Gasteiger partial charge in [0, 0.05) is 56.6 Å². The molecular formula is C20H31N5O2. The Balaban J connectivity index is 1.52. The summed E-state index contributed by atoms with van der Waals surface area (Å²) in [4.78, 5) is 29.0. The zero-order chi connectivity index (χ0) is 19.2. The summed E-state index contributed by atoms with van der Waals surface area (Å²) < 4.78 is 0. The highest BCUT2D eigenvalue weighted by molar-refractivity contribution is 5.96. The number of carbonyl (C=O) groups is 2. The maximum absolute atomic E-state index is 12.6. The number of carbonyl (C=O) groups excluding carboxylic acids is 2. The number of anilines is 1. The Bertz CT molecular complexity index is 664. The van der Waals surface area contributed by atoms with Gasteiger partial charge in [-0.15, -0.1) is 0 Å². The highest BCUT2D eigenvalue weighted by Gasteiger charge is 2.27. The van der Waals surface area contributed by atoms with Crippen molar-refractivity contribution in [3.8, 4) is 0 Å². The van der Waals surface area contributed by atoms with Crippen molar-refractivity contribution in [3.05, 3.63) is 29.3 Å². The van der Waals surface area contributed by atoms with Gasteiger partial charge in [0.05, 0.1) is 0 Å². The van der Waals surface area contributed by atoms with Gasteiger partial charge in [0.15, 0.2) is 0 Å². The molecule has 1 aromatic carbocycles. The summed E-state index contributed by atoms with van der Waals surface area (Å²) in [6, 6.07) is 5.95. The van der Waals surface area contributed by atoms with Gasteiger partial charge in [-0.2, -0.15) is 0 Å². The summed E-state index contributed by atoms with van der Waals surface area (Å²) in [6.07, 6.45) is 2.10. The van der Waals surface area contributed by atoms with E-state index in [9.17, 15) is 9.59 Å². The smallest absolute Gasteiger partial charge is 0.321 e. The maximum Gasteiger partial charge on any atom is 0.321 e. The lowest BCUT2D eigenvalue weighted by molar-refractivity contribution is 0.0953. The van der Waals surface area contributed by atoms with E-state index in [0.717, 1.165) is 56.9 Å². The summed E-state index contributed by atoms with van der Waals surface area (Å²) >= 11 is 0. The van der Waals surface area contributed by atoms with E-state index in [4.69, 9.17) is 0 Å². The lowest BCUT2D eigenvalue weighted by Crippen LogP contribution is -2.53. The van der Waals surface area contributed by atoms with Crippen LogP contribution in [0.25, 0.3) is 0 Å². The SMILES string of the molecule is CCCNC(=O)c1ccc(NC(=O)N2CCN(C3CCNC3)CC2)c(C)c1. The first-order chi connectivity index (χ1) is 13.1. The molecule has 27 heavy (non-hydrogen) atoms. The first kappa shape index (κ1) is 19.6. The number of rotatable bonds is 5. The molecule has 0 aromatic heterocycles. The van der Waals surface area contributed by atoms with Gasteiger partial charge in [-0.1, -0.05) is 6.92 Å². The number of urea groups is 1. The van der Waals surface area contributed by atoms with Crippen LogP contribution in [0.1, 0.15) is 35.7 Å². The van der Waals surface area contributed by atoms with Crippen molar-refractivity contribution in [2.24, 2.45) is 0 Å². The van der Waals surface area contributed by atoms with E-state index in [2.05, 4.69) is 20.9 Å². The second-order valence-electron chi connectivity index (χ2n) is 7.39. The van der Waals surface area contributed by atoms with E-state index in [1.807, 2.05) is 30.9 Å². The molecule has 7 nitrogen and oxygen atoms in total. The molecule has 3 rings (SSSR count). The average molecular weight is 374 g/mol. The normalized spacial score (nSPS) is 20.5. The molecule has 3 N–H and O–H groups in total. The largest absolute Gasteiger partial charge is 0.352 e. The van der Waals surface area contributed by atoms with Gasteiger partial charge in [0.25, 0.3) is 5.91 Å². The molecule has 2 fully saturated rings. The molecule has 0 aliphatic carbocycles. The maximum atomic E-state index is 12.6. The highest BCUT2D eigenvalue weighted by atomic mass is 16.2. The fraction of sp³-hybridized carbons (Fsp3) is 0.600. The molecule has 2 aliphatic rings. The Hall–Kier alpha value is -2.12. The van der Waals surface area contributed by atoms with Crippen LogP contribution in [0.15, 0.2) is 18.2 Å². The van der Waals surface area contributed by atoms with Crippen molar-refractivity contribution in [1.29, 1.82) is 0 Å². The van der Waals surface area contributed by atoms with Crippen molar-refractivity contribution >= 4 is 17.6 Å². The third kappa shape index (κ3) is 4.99. The van der Waals surface area contributed by atoms with Crippen molar-refractivity contribution in [3.63, 3.8) is 0 Å². The molecule has 1 aromatic rings. The zero-order valence-corrected chi connectivity index (χ0v) is 16.4. The average Bonchev–Trinajstić information content (AvgIpc) is 3.22. The fourth-order valence-corrected chi connectivity index (χ4v) is 3.72. The first-order valence-corrected chi connectivity index (χ1v) is 9.98. The minimum absolute atomic E-state index is 0.0644. The van der Waals surface area contributed by atoms with Gasteiger partial charge in [-0.25, -0.2) is 4.79 Å². The van der Waals surface area contributed by atoms with Crippen LogP contribution in [-0.2, 0) is 0 Å². The number of aryl methyl sites for hydroxylation is 1. The van der Waals surface area contributed by atoms with E-state index in [1.165, 1.54) is 6.42 Å². The molecule has 1 unspecified atom stereocenters. The molecule has 0 saturated carbocycles. The van der Waals surface area contributed by atoms with E-state index < -0.39 is 0 Å². The number of amides is 3. The van der Waals surface area contributed by atoms with Crippen molar-refractivity contribution in [2.75, 3.05) is 51.1 Å². The monoisotopic (exact) mass is 373 g/mol. The Morgan fingerprint density at radius 3 is 2.63 bits per heavy atom. The summed E-state index contributed by atoms with van der Waals surface area (Å²) in [5, 5.41) is 9.27. The van der Waals surface area contributed by atoms with E-state index >= 15 is 0 Å². The van der Waals surface area contributed by atoms with Gasteiger partial charge in [0.1, 0.15) is 0 Å². The van der Waals surface area contributed by atoms with Crippen LogP contribution >= 0.6 is 0 Å². The minimum atomic E-state index is -0.0737. The van der Waals surface area contributed by atoms with Crippen LogP contribution in [0.5, 0.6) is 0 Å². The number of hydrogen-bond donors (Lipinski definition) is 3. The van der Waals surface area contributed by atoms with Gasteiger partial charge in [-0.05, 0) is 50.1 Å². The standard InChI is InChI=1S/C20H31N5O2/c1-3-7-22-19(26)16-4-5-18(15(2)13-16)23-20(27)25-11-9-24(10-12-25)17-6-8-21-14-17/h4-5,13,17,21H,3,6-12,14H2,1-2H3,(H,22,26)(H,23,27). The van der Waals surface area contributed by atoms with Crippen LogP contribution in [0.3, 0.4) is 0 Å². The van der Waals surface area contributed by atoms with Crippen LogP contribution in [0, 0.1) is 6.92 Å². The van der Waals surface area contributed by atoms with Gasteiger partial charge < -0.3 is 20.9 Å². The second kappa shape index (κ2) is 9.19. The van der Waals surface area contributed by atoms with Gasteiger partial charge in [0.2, 0.25) is 0 Å². The van der Waals surface area contributed by atoms with E-state index in [-0.39, 0.29) is 11.9 Å². The number of nitrogens with zero attached hydrogens (tertiary/aromatic N) is 2. The molecule has 2 saturated heterocycles. The number of nitrogens with one attached hydrogen (secondary N) is 3. The predicted molar refractivity (Wildman–Crippen MR) is 107 cm³/mol. The van der Waals surface area contributed by atoms with Crippen molar-refractivity contribution in [1.82, 2.24) is 20.4 Å². The predicted octanol–water partition coefficient (Wildman–Crippen LogP) is 1.65. The molecule has 2 aliphatic heterocycles. The highest BCUT2D eigenvalue weighted by Crippen LogP contribution is 2.18. The van der Waals surface area contributed by atoms with Gasteiger partial charge in [-0.3, -0.25) is 9.69 Å². The van der Waals surface area contributed by atoms with Crippen LogP contribution in [-0.4, -0.2) is 73.6 Å². The van der Waals surface area contributed by atoms with Crippen LogP contribution in [0.2, 0.25) is 0 Å². The summed E-state index contributed by atoms with van der Waals surface area (Å²) in [7, 11) is 0. The molecule has 0 bridgehead atoms. The van der Waals surface area contributed by atoms with Crippen molar-refractivity contribution < 1.29 is 9.59 Å². The molecule has 0 spiro atoms. The summed E-state index contributed by atoms with van der Waals surface area (Å²) in [6.45, 7) is 10.1. The molecule has 7 heteroatoms. The fourth-order valence-electron chi connectivity index (χ4n) is 3.72. The third-order valence-electron chi connectivity index (χ3n) is 5.42. The summed E-state index contributed by atoms with van der Waals surface area (Å²) in [5.41, 5.74) is 2.27. The number of benzene rings is 1. The van der Waals surface area contributed by atoms with Crippen LogP contribution < -0.4 is 16.0 Å². The van der Waals surface area contributed by atoms with Gasteiger partial charge >= 0.3 is 6.03 Å². The van der Waals surface area contributed by atoms with E-state index in [0.29, 0.717) is 18.2 Å². The molecule has 2 heterocycles. The molecule has 1 atom stereocenters.